The average molecular weight is 185 g/mol. The first kappa shape index (κ1) is 10.0. The molecule has 0 bridgehead atoms. The molecule has 0 radical (unpaired) electrons. The first-order valence-electron chi connectivity index (χ1n) is 4.63. The van der Waals surface area contributed by atoms with Crippen LogP contribution in [0.1, 0.15) is 26.2 Å². The van der Waals surface area contributed by atoms with Crippen molar-refractivity contribution >= 4 is 11.9 Å². The van der Waals surface area contributed by atoms with E-state index in [0.29, 0.717) is 18.9 Å². The molecule has 1 rings (SSSR count). The number of nitrogens with zero attached hydrogens (tertiary/aromatic N) is 1. The fourth-order valence-electron chi connectivity index (χ4n) is 1.77. The number of amides is 1. The number of carboxylic acid groups (broad SMARTS) is 1. The van der Waals surface area contributed by atoms with Gasteiger partial charge >= 0.3 is 5.97 Å². The van der Waals surface area contributed by atoms with Crippen LogP contribution in [0.15, 0.2) is 0 Å². The van der Waals surface area contributed by atoms with Gasteiger partial charge in [0.2, 0.25) is 5.91 Å². The third kappa shape index (κ3) is 2.72. The standard InChI is InChI=1S/C9H15NO3/c1-2-3-7-4-8(11)10(5-7)6-9(12)13/h7H,2-6H2,1H3,(H,12,13)/t7-/m1/s1. The van der Waals surface area contributed by atoms with E-state index in [1.165, 1.54) is 4.90 Å². The predicted molar refractivity (Wildman–Crippen MR) is 47.2 cm³/mol. The summed E-state index contributed by atoms with van der Waals surface area (Å²) in [6, 6.07) is 0. The molecule has 0 saturated carbocycles. The summed E-state index contributed by atoms with van der Waals surface area (Å²) >= 11 is 0. The fourth-order valence-corrected chi connectivity index (χ4v) is 1.77. The molecule has 0 aromatic heterocycles. The van der Waals surface area contributed by atoms with Crippen molar-refractivity contribution in [3.8, 4) is 0 Å². The fraction of sp³-hybridized carbons (Fsp3) is 0.778. The highest BCUT2D eigenvalue weighted by Crippen LogP contribution is 2.21. The molecule has 1 heterocycles. The monoisotopic (exact) mass is 185 g/mol. The first-order valence-corrected chi connectivity index (χ1v) is 4.63. The smallest absolute Gasteiger partial charge is 0.323 e. The van der Waals surface area contributed by atoms with E-state index < -0.39 is 5.97 Å². The van der Waals surface area contributed by atoms with E-state index in [1.54, 1.807) is 0 Å². The van der Waals surface area contributed by atoms with Crippen molar-refractivity contribution in [3.63, 3.8) is 0 Å². The number of hydrogen-bond acceptors (Lipinski definition) is 2. The van der Waals surface area contributed by atoms with Crippen molar-refractivity contribution in [2.75, 3.05) is 13.1 Å². The number of carbonyl (C=O) groups excluding carboxylic acids is 1. The van der Waals surface area contributed by atoms with Crippen molar-refractivity contribution in [2.24, 2.45) is 5.92 Å². The van der Waals surface area contributed by atoms with Gasteiger partial charge in [-0.3, -0.25) is 9.59 Å². The van der Waals surface area contributed by atoms with Crippen LogP contribution in [0.2, 0.25) is 0 Å². The molecule has 13 heavy (non-hydrogen) atoms. The maximum absolute atomic E-state index is 11.3. The summed E-state index contributed by atoms with van der Waals surface area (Å²) < 4.78 is 0. The highest BCUT2D eigenvalue weighted by molar-refractivity contribution is 5.83. The van der Waals surface area contributed by atoms with Crippen molar-refractivity contribution in [1.82, 2.24) is 4.90 Å². The highest BCUT2D eigenvalue weighted by atomic mass is 16.4. The van der Waals surface area contributed by atoms with Gasteiger partial charge in [-0.05, 0) is 12.3 Å². The van der Waals surface area contributed by atoms with Gasteiger partial charge in [-0.1, -0.05) is 13.3 Å². The van der Waals surface area contributed by atoms with Crippen LogP contribution in [0.4, 0.5) is 0 Å². The van der Waals surface area contributed by atoms with Gasteiger partial charge in [0.15, 0.2) is 0 Å². The Labute approximate surface area is 77.5 Å². The summed E-state index contributed by atoms with van der Waals surface area (Å²) in [6.45, 7) is 2.56. The second-order valence-electron chi connectivity index (χ2n) is 3.53. The summed E-state index contributed by atoms with van der Waals surface area (Å²) in [5.74, 6) is -0.566. The Bertz CT molecular complexity index is 215. The lowest BCUT2D eigenvalue weighted by molar-refractivity contribution is -0.142. The molecule has 1 saturated heterocycles. The Balaban J connectivity index is 2.41. The number of carbonyl (C=O) groups is 2. The second kappa shape index (κ2) is 4.25. The Morgan fingerprint density at radius 3 is 2.92 bits per heavy atom. The van der Waals surface area contributed by atoms with Gasteiger partial charge in [0.25, 0.3) is 0 Å². The molecular formula is C9H15NO3. The molecule has 4 nitrogen and oxygen atoms in total. The van der Waals surface area contributed by atoms with E-state index in [2.05, 4.69) is 6.92 Å². The minimum Gasteiger partial charge on any atom is -0.480 e. The Kier molecular flexibility index (Phi) is 3.28. The van der Waals surface area contributed by atoms with Gasteiger partial charge in [0.1, 0.15) is 6.54 Å². The van der Waals surface area contributed by atoms with Crippen molar-refractivity contribution < 1.29 is 14.7 Å². The normalized spacial score (nSPS) is 22.4. The number of hydrogen-bond donors (Lipinski definition) is 1. The van der Waals surface area contributed by atoms with E-state index in [4.69, 9.17) is 5.11 Å². The van der Waals surface area contributed by atoms with Crippen LogP contribution in [-0.2, 0) is 9.59 Å². The zero-order valence-electron chi connectivity index (χ0n) is 7.82. The molecule has 0 spiro atoms. The minimum absolute atomic E-state index is 0.0131. The summed E-state index contributed by atoms with van der Waals surface area (Å²) in [5.41, 5.74) is 0. The van der Waals surface area contributed by atoms with Crippen molar-refractivity contribution in [3.05, 3.63) is 0 Å². The van der Waals surface area contributed by atoms with Crippen LogP contribution >= 0.6 is 0 Å². The quantitative estimate of drug-likeness (QED) is 0.702. The molecule has 0 aromatic rings. The lowest BCUT2D eigenvalue weighted by Crippen LogP contribution is -2.31. The maximum atomic E-state index is 11.3. The lowest BCUT2D eigenvalue weighted by Gasteiger charge is -2.12. The molecular weight excluding hydrogens is 170 g/mol. The molecule has 74 valence electrons. The third-order valence-electron chi connectivity index (χ3n) is 2.32. The van der Waals surface area contributed by atoms with Crippen molar-refractivity contribution in [1.29, 1.82) is 0 Å². The maximum Gasteiger partial charge on any atom is 0.323 e. The van der Waals surface area contributed by atoms with Gasteiger partial charge in [-0.25, -0.2) is 0 Å². The topological polar surface area (TPSA) is 57.6 Å². The van der Waals surface area contributed by atoms with Crippen LogP contribution in [0.5, 0.6) is 0 Å². The number of carboxylic acids is 1. The third-order valence-corrected chi connectivity index (χ3v) is 2.32. The van der Waals surface area contributed by atoms with E-state index in [9.17, 15) is 9.59 Å². The summed E-state index contributed by atoms with van der Waals surface area (Å²) in [7, 11) is 0. The molecule has 0 aromatic carbocycles. The summed E-state index contributed by atoms with van der Waals surface area (Å²) in [5, 5.41) is 8.51. The Hall–Kier alpha value is -1.06. The largest absolute Gasteiger partial charge is 0.480 e. The zero-order chi connectivity index (χ0) is 9.84. The number of aliphatic carboxylic acids is 1. The van der Waals surface area contributed by atoms with E-state index >= 15 is 0 Å². The summed E-state index contributed by atoms with van der Waals surface area (Å²) in [4.78, 5) is 23.1. The first-order chi connectivity index (χ1) is 6.13. The molecule has 1 aliphatic rings. The highest BCUT2D eigenvalue weighted by Gasteiger charge is 2.29. The second-order valence-corrected chi connectivity index (χ2v) is 3.53. The van der Waals surface area contributed by atoms with Crippen LogP contribution in [0.25, 0.3) is 0 Å². The Morgan fingerprint density at radius 2 is 2.38 bits per heavy atom. The lowest BCUT2D eigenvalue weighted by atomic mass is 10.0. The van der Waals surface area contributed by atoms with Gasteiger partial charge in [0.05, 0.1) is 0 Å². The average Bonchev–Trinajstić information content (AvgIpc) is 2.31. The van der Waals surface area contributed by atoms with Crippen LogP contribution < -0.4 is 0 Å². The number of rotatable bonds is 4. The Morgan fingerprint density at radius 1 is 1.69 bits per heavy atom. The number of likely N-dealkylation sites (tertiary alicyclic amines) is 1. The van der Waals surface area contributed by atoms with Gasteiger partial charge in [0, 0.05) is 13.0 Å². The van der Waals surface area contributed by atoms with Crippen LogP contribution in [0, 0.1) is 5.92 Å². The predicted octanol–water partition coefficient (Wildman–Crippen LogP) is 0.720. The molecule has 0 aliphatic carbocycles. The van der Waals surface area contributed by atoms with Crippen LogP contribution in [-0.4, -0.2) is 35.0 Å². The molecule has 1 atom stereocenters. The van der Waals surface area contributed by atoms with Gasteiger partial charge < -0.3 is 10.0 Å². The molecule has 1 fully saturated rings. The molecule has 0 unspecified atom stereocenters. The van der Waals surface area contributed by atoms with E-state index in [-0.39, 0.29) is 12.5 Å². The molecule has 1 N–H and O–H groups in total. The molecule has 1 aliphatic heterocycles. The van der Waals surface area contributed by atoms with E-state index in [0.717, 1.165) is 12.8 Å². The SMILES string of the molecule is CCC[C@@H]1CC(=O)N(CC(=O)O)C1. The van der Waals surface area contributed by atoms with Crippen molar-refractivity contribution in [2.45, 2.75) is 26.2 Å². The van der Waals surface area contributed by atoms with Crippen LogP contribution in [0.3, 0.4) is 0 Å². The molecule has 1 amide bonds. The van der Waals surface area contributed by atoms with Gasteiger partial charge in [-0.15, -0.1) is 0 Å². The molecule has 4 heteroatoms. The minimum atomic E-state index is -0.925. The summed E-state index contributed by atoms with van der Waals surface area (Å²) in [6.07, 6.45) is 2.60. The zero-order valence-corrected chi connectivity index (χ0v) is 7.82. The van der Waals surface area contributed by atoms with Gasteiger partial charge in [-0.2, -0.15) is 0 Å². The van der Waals surface area contributed by atoms with E-state index in [1.807, 2.05) is 0 Å².